The Morgan fingerprint density at radius 1 is 1.23 bits per heavy atom. The molecule has 2 aromatic heterocycles. The van der Waals surface area contributed by atoms with Gasteiger partial charge in [0, 0.05) is 30.2 Å². The minimum atomic E-state index is -4.57. The monoisotopic (exact) mass is 440 g/mol. The normalized spacial score (nSPS) is 23.8. The number of aromatic nitrogens is 3. The van der Waals surface area contributed by atoms with E-state index < -0.39 is 11.9 Å². The second-order valence-electron chi connectivity index (χ2n) is 7.92. The second-order valence-corrected chi connectivity index (χ2v) is 8.95. The van der Waals surface area contributed by atoms with Crippen LogP contribution < -0.4 is 16.4 Å². The van der Waals surface area contributed by atoms with E-state index in [1.54, 1.807) is 0 Å². The van der Waals surface area contributed by atoms with Gasteiger partial charge in [-0.1, -0.05) is 11.8 Å². The molecule has 2 fully saturated rings. The smallest absolute Gasteiger partial charge is 0.393 e. The molecule has 162 valence electrons. The number of hydrogen-bond acceptors (Lipinski definition) is 8. The van der Waals surface area contributed by atoms with Crippen molar-refractivity contribution in [3.05, 3.63) is 30.2 Å². The van der Waals surface area contributed by atoms with Crippen LogP contribution in [0.25, 0.3) is 0 Å². The van der Waals surface area contributed by atoms with Crippen molar-refractivity contribution in [2.24, 2.45) is 11.1 Å². The van der Waals surface area contributed by atoms with Crippen LogP contribution >= 0.6 is 11.8 Å². The van der Waals surface area contributed by atoms with E-state index >= 15 is 0 Å². The Morgan fingerprint density at radius 3 is 2.57 bits per heavy atom. The van der Waals surface area contributed by atoms with E-state index in [4.69, 9.17) is 11.5 Å². The van der Waals surface area contributed by atoms with Gasteiger partial charge in [-0.15, -0.1) is 0 Å². The summed E-state index contributed by atoms with van der Waals surface area (Å²) in [5, 5.41) is 10.1. The Bertz CT molecular complexity index is 919. The number of aliphatic hydroxyl groups is 1. The highest BCUT2D eigenvalue weighted by Gasteiger charge is 2.46. The number of aliphatic hydroxyl groups excluding tert-OH is 1. The maximum Gasteiger partial charge on any atom is 0.434 e. The first kappa shape index (κ1) is 21.1. The Hall–Kier alpha value is -2.11. The van der Waals surface area contributed by atoms with Crippen molar-refractivity contribution in [3.8, 4) is 0 Å². The van der Waals surface area contributed by atoms with Gasteiger partial charge in [-0.3, -0.25) is 4.98 Å². The summed E-state index contributed by atoms with van der Waals surface area (Å²) in [5.74, 6) is 0.656. The standard InChI is InChI=1S/C19H23F3N6OS/c20-19(21,22)15-12(2-1-5-25-15)30-17-16(24)27-14(10-26-17)28-6-3-18(4-7-28)9-11(29)8-13(18)23/h1-2,5,10-11,13,29H,3-4,6-9,23H2,(H2,24,27)/t11-,13+/m0/s1. The molecule has 2 aromatic rings. The zero-order valence-electron chi connectivity index (χ0n) is 16.1. The Balaban J connectivity index is 1.48. The van der Waals surface area contributed by atoms with Gasteiger partial charge in [-0.05, 0) is 43.2 Å². The average molecular weight is 440 g/mol. The number of halogens is 3. The molecule has 0 radical (unpaired) electrons. The second kappa shape index (κ2) is 7.86. The average Bonchev–Trinajstić information content (AvgIpc) is 2.96. The number of nitrogens with two attached hydrogens (primary N) is 2. The van der Waals surface area contributed by atoms with Crippen molar-refractivity contribution in [2.45, 2.75) is 53.9 Å². The van der Waals surface area contributed by atoms with Crippen LogP contribution in [-0.2, 0) is 6.18 Å². The molecule has 0 unspecified atom stereocenters. The fourth-order valence-corrected chi connectivity index (χ4v) is 5.28. The maximum atomic E-state index is 13.2. The summed E-state index contributed by atoms with van der Waals surface area (Å²) in [6.07, 6.45) is 0.761. The third-order valence-electron chi connectivity index (χ3n) is 6.04. The highest BCUT2D eigenvalue weighted by Crippen LogP contribution is 2.46. The Morgan fingerprint density at radius 2 is 1.97 bits per heavy atom. The van der Waals surface area contributed by atoms with Gasteiger partial charge < -0.3 is 21.5 Å². The molecule has 0 aromatic carbocycles. The highest BCUT2D eigenvalue weighted by atomic mass is 32.2. The SMILES string of the molecule is Nc1nc(N2CCC3(CC2)C[C@@H](O)C[C@H]3N)cnc1Sc1cccnc1C(F)(F)F. The van der Waals surface area contributed by atoms with Crippen LogP contribution in [0.5, 0.6) is 0 Å². The van der Waals surface area contributed by atoms with Crippen molar-refractivity contribution in [2.75, 3.05) is 23.7 Å². The summed E-state index contributed by atoms with van der Waals surface area (Å²) in [6.45, 7) is 1.42. The molecule has 1 saturated carbocycles. The third-order valence-corrected chi connectivity index (χ3v) is 7.09. The summed E-state index contributed by atoms with van der Waals surface area (Å²) in [5.41, 5.74) is 11.3. The molecule has 0 amide bonds. The van der Waals surface area contributed by atoms with Crippen LogP contribution in [0.1, 0.15) is 31.4 Å². The van der Waals surface area contributed by atoms with Crippen LogP contribution in [0.15, 0.2) is 34.4 Å². The van der Waals surface area contributed by atoms with E-state index in [2.05, 4.69) is 15.0 Å². The molecule has 7 nitrogen and oxygen atoms in total. The molecule has 11 heteroatoms. The molecule has 30 heavy (non-hydrogen) atoms. The largest absolute Gasteiger partial charge is 0.434 e. The van der Waals surface area contributed by atoms with Crippen LogP contribution in [0, 0.1) is 5.41 Å². The van der Waals surface area contributed by atoms with E-state index in [1.807, 2.05) is 4.90 Å². The molecule has 0 bridgehead atoms. The Kier molecular flexibility index (Phi) is 5.54. The molecular weight excluding hydrogens is 417 g/mol. The lowest BCUT2D eigenvalue weighted by Crippen LogP contribution is -2.47. The summed E-state index contributed by atoms with van der Waals surface area (Å²) in [6, 6.07) is 2.76. The van der Waals surface area contributed by atoms with Gasteiger partial charge in [-0.2, -0.15) is 13.2 Å². The van der Waals surface area contributed by atoms with Crippen molar-refractivity contribution < 1.29 is 18.3 Å². The summed E-state index contributed by atoms with van der Waals surface area (Å²) < 4.78 is 39.5. The Labute approximate surface area is 176 Å². The number of hydrogen-bond donors (Lipinski definition) is 3. The van der Waals surface area contributed by atoms with Crippen LogP contribution in [0.2, 0.25) is 0 Å². The summed E-state index contributed by atoms with van der Waals surface area (Å²) in [4.78, 5) is 14.0. The number of pyridine rings is 1. The third kappa shape index (κ3) is 4.06. The van der Waals surface area contributed by atoms with Gasteiger partial charge in [0.2, 0.25) is 0 Å². The van der Waals surface area contributed by atoms with Crippen LogP contribution in [0.4, 0.5) is 24.8 Å². The van der Waals surface area contributed by atoms with Crippen molar-refractivity contribution in [1.82, 2.24) is 15.0 Å². The number of alkyl halides is 3. The van der Waals surface area contributed by atoms with Gasteiger partial charge in [0.1, 0.15) is 10.8 Å². The van der Waals surface area contributed by atoms with Gasteiger partial charge in [-0.25, -0.2) is 9.97 Å². The molecule has 4 rings (SSSR count). The predicted octanol–water partition coefficient (Wildman–Crippen LogP) is 2.69. The molecule has 1 spiro atoms. The van der Waals surface area contributed by atoms with Gasteiger partial charge in [0.05, 0.1) is 12.3 Å². The first-order valence-corrected chi connectivity index (χ1v) is 10.5. The van der Waals surface area contributed by atoms with E-state index in [-0.39, 0.29) is 33.3 Å². The summed E-state index contributed by atoms with van der Waals surface area (Å²) >= 11 is 0.795. The molecule has 1 aliphatic carbocycles. The minimum Gasteiger partial charge on any atom is -0.393 e. The lowest BCUT2D eigenvalue weighted by Gasteiger charge is -2.42. The van der Waals surface area contributed by atoms with Crippen molar-refractivity contribution in [3.63, 3.8) is 0 Å². The lowest BCUT2D eigenvalue weighted by molar-refractivity contribution is -0.143. The van der Waals surface area contributed by atoms with Crippen molar-refractivity contribution >= 4 is 23.4 Å². The van der Waals surface area contributed by atoms with E-state index in [9.17, 15) is 18.3 Å². The quantitative estimate of drug-likeness (QED) is 0.668. The van der Waals surface area contributed by atoms with E-state index in [1.165, 1.54) is 18.3 Å². The number of rotatable bonds is 3. The molecule has 1 saturated heterocycles. The molecule has 3 heterocycles. The predicted molar refractivity (Wildman–Crippen MR) is 107 cm³/mol. The number of piperidine rings is 1. The van der Waals surface area contributed by atoms with Crippen LogP contribution in [-0.4, -0.2) is 45.3 Å². The topological polar surface area (TPSA) is 114 Å². The van der Waals surface area contributed by atoms with E-state index in [0.717, 1.165) is 37.2 Å². The minimum absolute atomic E-state index is 0.00751. The maximum absolute atomic E-state index is 13.2. The highest BCUT2D eigenvalue weighted by molar-refractivity contribution is 7.99. The van der Waals surface area contributed by atoms with Crippen LogP contribution in [0.3, 0.4) is 0 Å². The van der Waals surface area contributed by atoms with E-state index in [0.29, 0.717) is 25.3 Å². The zero-order chi connectivity index (χ0) is 21.5. The first-order chi connectivity index (χ1) is 14.2. The number of nitrogens with zero attached hydrogens (tertiary/aromatic N) is 4. The van der Waals surface area contributed by atoms with Gasteiger partial charge in [0.15, 0.2) is 11.5 Å². The summed E-state index contributed by atoms with van der Waals surface area (Å²) in [7, 11) is 0. The number of anilines is 2. The fraction of sp³-hybridized carbons (Fsp3) is 0.526. The molecule has 1 aliphatic heterocycles. The van der Waals surface area contributed by atoms with Gasteiger partial charge >= 0.3 is 6.18 Å². The first-order valence-electron chi connectivity index (χ1n) is 9.69. The number of nitrogen functional groups attached to an aromatic ring is 1. The lowest BCUT2D eigenvalue weighted by atomic mass is 9.74. The fourth-order valence-electron chi connectivity index (χ4n) is 4.41. The van der Waals surface area contributed by atoms with Gasteiger partial charge in [0.25, 0.3) is 0 Å². The zero-order valence-corrected chi connectivity index (χ0v) is 17.0. The molecule has 2 aliphatic rings. The molecular formula is C19H23F3N6OS. The molecule has 2 atom stereocenters. The van der Waals surface area contributed by atoms with Crippen molar-refractivity contribution in [1.29, 1.82) is 0 Å². The molecule has 5 N–H and O–H groups in total.